The lowest BCUT2D eigenvalue weighted by Gasteiger charge is -2.38. The Balaban J connectivity index is 2.06. The van der Waals surface area contributed by atoms with Crippen LogP contribution in [0.4, 0.5) is 0 Å². The molecule has 0 radical (unpaired) electrons. The molecule has 96 valence electrons. The number of hydrogen-bond donors (Lipinski definition) is 1. The third kappa shape index (κ3) is 3.13. The third-order valence-corrected chi connectivity index (χ3v) is 5.24. The molecule has 5 heteroatoms. The van der Waals surface area contributed by atoms with Crippen molar-refractivity contribution in [1.82, 2.24) is 4.90 Å². The van der Waals surface area contributed by atoms with Crippen molar-refractivity contribution in [2.75, 3.05) is 13.1 Å². The van der Waals surface area contributed by atoms with Crippen LogP contribution in [0, 0.1) is 5.92 Å². The van der Waals surface area contributed by atoms with Crippen molar-refractivity contribution in [3.8, 4) is 0 Å². The van der Waals surface area contributed by atoms with Gasteiger partial charge in [0, 0.05) is 12.6 Å². The fourth-order valence-electron chi connectivity index (χ4n) is 2.58. The van der Waals surface area contributed by atoms with Gasteiger partial charge < -0.3 is 10.2 Å². The molecule has 0 aliphatic carbocycles. The maximum Gasteiger partial charge on any atom is 0.183 e. The maximum absolute atomic E-state index is 5.88. The van der Waals surface area contributed by atoms with Crippen LogP contribution in [-0.2, 0) is 6.54 Å². The van der Waals surface area contributed by atoms with Crippen LogP contribution in [0.3, 0.4) is 0 Å². The Morgan fingerprint density at radius 1 is 1.53 bits per heavy atom. The van der Waals surface area contributed by atoms with E-state index in [4.69, 9.17) is 10.2 Å². The fraction of sp³-hybridized carbons (Fsp3) is 0.667. The maximum atomic E-state index is 5.88. The molecule has 0 bridgehead atoms. The van der Waals surface area contributed by atoms with E-state index in [-0.39, 0.29) is 0 Å². The molecule has 2 N–H and O–H groups in total. The standard InChI is InChI=1S/C12H18Br2N2O/c1-8-3-2-4-16(11(8)6-15)7-9-5-10(13)12(14)17-9/h5,8,11H,2-4,6-7,15H2,1H3. The monoisotopic (exact) mass is 364 g/mol. The number of rotatable bonds is 3. The van der Waals surface area contributed by atoms with Crippen LogP contribution < -0.4 is 5.73 Å². The average Bonchev–Trinajstić information content (AvgIpc) is 2.58. The zero-order valence-electron chi connectivity index (χ0n) is 9.96. The predicted octanol–water partition coefficient (Wildman–Crippen LogP) is 3.36. The van der Waals surface area contributed by atoms with Gasteiger partial charge in [0.25, 0.3) is 0 Å². The van der Waals surface area contributed by atoms with E-state index in [0.29, 0.717) is 12.0 Å². The fourth-order valence-corrected chi connectivity index (χ4v) is 3.24. The second-order valence-electron chi connectivity index (χ2n) is 4.73. The molecule has 0 spiro atoms. The van der Waals surface area contributed by atoms with Gasteiger partial charge in [-0.1, -0.05) is 6.92 Å². The number of furan rings is 1. The Kier molecular flexibility index (Phi) is 4.69. The summed E-state index contributed by atoms with van der Waals surface area (Å²) in [6, 6.07) is 2.50. The third-order valence-electron chi connectivity index (χ3n) is 3.53. The van der Waals surface area contributed by atoms with Crippen molar-refractivity contribution in [2.24, 2.45) is 11.7 Å². The van der Waals surface area contributed by atoms with Gasteiger partial charge in [0.15, 0.2) is 4.67 Å². The number of hydrogen-bond acceptors (Lipinski definition) is 3. The normalized spacial score (nSPS) is 26.4. The Bertz CT molecular complexity index is 361. The summed E-state index contributed by atoms with van der Waals surface area (Å²) in [7, 11) is 0. The van der Waals surface area contributed by atoms with Gasteiger partial charge in [-0.05, 0) is 63.2 Å². The largest absolute Gasteiger partial charge is 0.452 e. The van der Waals surface area contributed by atoms with Crippen molar-refractivity contribution < 1.29 is 4.42 Å². The highest BCUT2D eigenvalue weighted by Crippen LogP contribution is 2.29. The smallest absolute Gasteiger partial charge is 0.183 e. The molecule has 3 nitrogen and oxygen atoms in total. The first kappa shape index (κ1) is 13.6. The summed E-state index contributed by atoms with van der Waals surface area (Å²) in [5.74, 6) is 1.66. The first-order valence-corrected chi connectivity index (χ1v) is 7.58. The zero-order valence-corrected chi connectivity index (χ0v) is 13.1. The van der Waals surface area contributed by atoms with Gasteiger partial charge in [0.05, 0.1) is 11.0 Å². The Morgan fingerprint density at radius 3 is 2.88 bits per heavy atom. The van der Waals surface area contributed by atoms with E-state index in [1.807, 2.05) is 6.07 Å². The van der Waals surface area contributed by atoms with Crippen molar-refractivity contribution in [3.63, 3.8) is 0 Å². The molecule has 0 saturated carbocycles. The highest BCUT2D eigenvalue weighted by Gasteiger charge is 2.28. The topological polar surface area (TPSA) is 42.4 Å². The van der Waals surface area contributed by atoms with Crippen LogP contribution in [0.2, 0.25) is 0 Å². The van der Waals surface area contributed by atoms with E-state index in [2.05, 4.69) is 43.7 Å². The summed E-state index contributed by atoms with van der Waals surface area (Å²) in [6.45, 7) is 4.97. The Labute approximate surface area is 119 Å². The number of piperidine rings is 1. The van der Waals surface area contributed by atoms with Gasteiger partial charge in [-0.2, -0.15) is 0 Å². The molecule has 2 atom stereocenters. The molecule has 1 aromatic rings. The quantitative estimate of drug-likeness (QED) is 0.892. The van der Waals surface area contributed by atoms with Crippen LogP contribution in [0.25, 0.3) is 0 Å². The molecule has 0 aromatic carbocycles. The highest BCUT2D eigenvalue weighted by atomic mass is 79.9. The second kappa shape index (κ2) is 5.87. The number of nitrogens with zero attached hydrogens (tertiary/aromatic N) is 1. The van der Waals surface area contributed by atoms with E-state index in [1.165, 1.54) is 12.8 Å². The van der Waals surface area contributed by atoms with E-state index >= 15 is 0 Å². The lowest BCUT2D eigenvalue weighted by Crippen LogP contribution is -2.47. The number of halogens is 2. The van der Waals surface area contributed by atoms with Gasteiger partial charge in [0.2, 0.25) is 0 Å². The molecule has 0 amide bonds. The minimum absolute atomic E-state index is 0.478. The molecule has 1 fully saturated rings. The Morgan fingerprint density at radius 2 is 2.29 bits per heavy atom. The lowest BCUT2D eigenvalue weighted by molar-refractivity contribution is 0.0914. The molecule has 1 saturated heterocycles. The summed E-state index contributed by atoms with van der Waals surface area (Å²) in [5.41, 5.74) is 5.88. The summed E-state index contributed by atoms with van der Waals surface area (Å²) >= 11 is 6.81. The molecule has 1 aromatic heterocycles. The van der Waals surface area contributed by atoms with Gasteiger partial charge in [-0.15, -0.1) is 0 Å². The second-order valence-corrected chi connectivity index (χ2v) is 6.30. The summed E-state index contributed by atoms with van der Waals surface area (Å²) in [4.78, 5) is 2.44. The number of nitrogens with two attached hydrogens (primary N) is 1. The summed E-state index contributed by atoms with van der Waals surface area (Å²) in [5, 5.41) is 0. The molecular formula is C12H18Br2N2O. The minimum atomic E-state index is 0.478. The van der Waals surface area contributed by atoms with E-state index < -0.39 is 0 Å². The van der Waals surface area contributed by atoms with Crippen LogP contribution in [-0.4, -0.2) is 24.0 Å². The van der Waals surface area contributed by atoms with E-state index in [0.717, 1.165) is 34.5 Å². The summed E-state index contributed by atoms with van der Waals surface area (Å²) < 4.78 is 7.37. The molecule has 2 unspecified atom stereocenters. The number of likely N-dealkylation sites (tertiary alicyclic amines) is 1. The molecule has 1 aliphatic heterocycles. The average molecular weight is 366 g/mol. The van der Waals surface area contributed by atoms with Crippen molar-refractivity contribution in [3.05, 3.63) is 21.0 Å². The molecular weight excluding hydrogens is 348 g/mol. The van der Waals surface area contributed by atoms with E-state index in [9.17, 15) is 0 Å². The lowest BCUT2D eigenvalue weighted by atomic mass is 9.91. The molecule has 2 heterocycles. The molecule has 2 rings (SSSR count). The zero-order chi connectivity index (χ0) is 12.4. The SMILES string of the molecule is CC1CCCN(Cc2cc(Br)c(Br)o2)C1CN. The van der Waals surface area contributed by atoms with Crippen LogP contribution in [0.15, 0.2) is 19.6 Å². The van der Waals surface area contributed by atoms with Gasteiger partial charge >= 0.3 is 0 Å². The highest BCUT2D eigenvalue weighted by molar-refractivity contribution is 9.13. The Hall–Kier alpha value is 0.160. The van der Waals surface area contributed by atoms with Crippen molar-refractivity contribution in [2.45, 2.75) is 32.4 Å². The first-order chi connectivity index (χ1) is 8.11. The first-order valence-electron chi connectivity index (χ1n) is 5.99. The van der Waals surface area contributed by atoms with Gasteiger partial charge in [-0.25, -0.2) is 0 Å². The predicted molar refractivity (Wildman–Crippen MR) is 75.8 cm³/mol. The molecule has 1 aliphatic rings. The van der Waals surface area contributed by atoms with Crippen LogP contribution >= 0.6 is 31.9 Å². The van der Waals surface area contributed by atoms with Crippen molar-refractivity contribution >= 4 is 31.9 Å². The van der Waals surface area contributed by atoms with Crippen LogP contribution in [0.5, 0.6) is 0 Å². The van der Waals surface area contributed by atoms with E-state index in [1.54, 1.807) is 0 Å². The van der Waals surface area contributed by atoms with Gasteiger partial charge in [-0.3, -0.25) is 4.90 Å². The summed E-state index contributed by atoms with van der Waals surface area (Å²) in [6.07, 6.45) is 2.53. The minimum Gasteiger partial charge on any atom is -0.452 e. The van der Waals surface area contributed by atoms with Crippen LogP contribution in [0.1, 0.15) is 25.5 Å². The van der Waals surface area contributed by atoms with Gasteiger partial charge in [0.1, 0.15) is 5.76 Å². The van der Waals surface area contributed by atoms with Crippen molar-refractivity contribution in [1.29, 1.82) is 0 Å². The molecule has 17 heavy (non-hydrogen) atoms.